The van der Waals surface area contributed by atoms with E-state index in [0.717, 1.165) is 16.1 Å². The summed E-state index contributed by atoms with van der Waals surface area (Å²) >= 11 is 0. The molecule has 0 heterocycles. The van der Waals surface area contributed by atoms with E-state index in [-0.39, 0.29) is 6.04 Å². The van der Waals surface area contributed by atoms with Crippen molar-refractivity contribution in [3.63, 3.8) is 0 Å². The normalized spacial score (nSPS) is 13.5. The number of hydrogen-bond donors (Lipinski definition) is 1. The van der Waals surface area contributed by atoms with Gasteiger partial charge in [0.15, 0.2) is 11.5 Å². The molecule has 1 N–H and O–H groups in total. The smallest absolute Gasteiger partial charge is 0.243 e. The highest BCUT2D eigenvalue weighted by atomic mass is 32.2. The van der Waals surface area contributed by atoms with Crippen LogP contribution in [-0.2, 0) is 14.8 Å². The second-order valence-corrected chi connectivity index (χ2v) is 8.94. The SMILES string of the molecule is CCOc1ccc([C@@H](C)NC(=O)[C@H](c2ccccc2)N(C)S(C)(=O)=O)cc1OCC. The molecule has 0 unspecified atom stereocenters. The van der Waals surface area contributed by atoms with E-state index in [4.69, 9.17) is 9.47 Å². The first kappa shape index (κ1) is 23.7. The van der Waals surface area contributed by atoms with Crippen molar-refractivity contribution in [1.29, 1.82) is 0 Å². The highest BCUT2D eigenvalue weighted by molar-refractivity contribution is 7.88. The number of rotatable bonds is 10. The molecule has 30 heavy (non-hydrogen) atoms. The molecule has 0 fully saturated rings. The van der Waals surface area contributed by atoms with Crippen LogP contribution < -0.4 is 14.8 Å². The maximum atomic E-state index is 13.1. The number of ether oxygens (including phenoxy) is 2. The average molecular weight is 435 g/mol. The lowest BCUT2D eigenvalue weighted by Gasteiger charge is -2.27. The summed E-state index contributed by atoms with van der Waals surface area (Å²) in [4.78, 5) is 13.1. The molecular weight excluding hydrogens is 404 g/mol. The van der Waals surface area contributed by atoms with Crippen molar-refractivity contribution < 1.29 is 22.7 Å². The molecule has 0 aromatic heterocycles. The second-order valence-electron chi connectivity index (χ2n) is 6.89. The number of sulfonamides is 1. The molecular formula is C22H30N2O5S. The number of nitrogens with one attached hydrogen (secondary N) is 1. The summed E-state index contributed by atoms with van der Waals surface area (Å²) in [6.45, 7) is 6.63. The lowest BCUT2D eigenvalue weighted by molar-refractivity contribution is -0.125. The Bertz CT molecular complexity index is 947. The molecule has 8 heteroatoms. The van der Waals surface area contributed by atoms with E-state index in [9.17, 15) is 13.2 Å². The Kier molecular flexibility index (Phi) is 8.25. The Morgan fingerprint density at radius 3 is 2.17 bits per heavy atom. The number of carbonyl (C=O) groups is 1. The molecule has 0 spiro atoms. The van der Waals surface area contributed by atoms with Crippen LogP contribution in [0.15, 0.2) is 48.5 Å². The lowest BCUT2D eigenvalue weighted by atomic mass is 10.0. The second kappa shape index (κ2) is 10.4. The molecule has 0 saturated heterocycles. The summed E-state index contributed by atoms with van der Waals surface area (Å²) < 4.78 is 36.6. The monoisotopic (exact) mass is 434 g/mol. The van der Waals surface area contributed by atoms with Gasteiger partial charge in [0, 0.05) is 7.05 Å². The van der Waals surface area contributed by atoms with E-state index in [1.165, 1.54) is 7.05 Å². The standard InChI is InChI=1S/C22H30N2O5S/c1-6-28-19-14-13-18(15-20(19)29-7-2)16(3)23-22(25)21(24(4)30(5,26)27)17-11-9-8-10-12-17/h8-16,21H,6-7H2,1-5H3,(H,23,25)/t16-,21+/m1/s1. The van der Waals surface area contributed by atoms with Crippen LogP contribution in [0.5, 0.6) is 11.5 Å². The van der Waals surface area contributed by atoms with Crippen molar-refractivity contribution in [3.05, 3.63) is 59.7 Å². The van der Waals surface area contributed by atoms with Gasteiger partial charge < -0.3 is 14.8 Å². The van der Waals surface area contributed by atoms with Crippen LogP contribution in [0.4, 0.5) is 0 Å². The first-order valence-corrected chi connectivity index (χ1v) is 11.7. The number of amides is 1. The van der Waals surface area contributed by atoms with Gasteiger partial charge in [0.1, 0.15) is 6.04 Å². The van der Waals surface area contributed by atoms with Gasteiger partial charge in [0.25, 0.3) is 0 Å². The highest BCUT2D eigenvalue weighted by Gasteiger charge is 2.31. The molecule has 0 aliphatic carbocycles. The first-order valence-electron chi connectivity index (χ1n) is 9.86. The van der Waals surface area contributed by atoms with Crippen LogP contribution in [0.25, 0.3) is 0 Å². The molecule has 7 nitrogen and oxygen atoms in total. The van der Waals surface area contributed by atoms with Crippen molar-refractivity contribution in [2.45, 2.75) is 32.9 Å². The summed E-state index contributed by atoms with van der Waals surface area (Å²) in [5.41, 5.74) is 1.42. The van der Waals surface area contributed by atoms with Crippen molar-refractivity contribution in [3.8, 4) is 11.5 Å². The largest absolute Gasteiger partial charge is 0.490 e. The van der Waals surface area contributed by atoms with Gasteiger partial charge in [0.05, 0.1) is 25.5 Å². The van der Waals surface area contributed by atoms with Gasteiger partial charge in [-0.2, -0.15) is 4.31 Å². The summed E-state index contributed by atoms with van der Waals surface area (Å²) in [5, 5.41) is 2.93. The van der Waals surface area contributed by atoms with Crippen LogP contribution in [0.2, 0.25) is 0 Å². The molecule has 2 atom stereocenters. The summed E-state index contributed by atoms with van der Waals surface area (Å²) in [5.74, 6) is 0.833. The van der Waals surface area contributed by atoms with E-state index in [2.05, 4.69) is 5.32 Å². The zero-order chi connectivity index (χ0) is 22.3. The fourth-order valence-electron chi connectivity index (χ4n) is 3.07. The van der Waals surface area contributed by atoms with Gasteiger partial charge in [-0.15, -0.1) is 0 Å². The van der Waals surface area contributed by atoms with E-state index < -0.39 is 22.0 Å². The lowest BCUT2D eigenvalue weighted by Crippen LogP contribution is -2.42. The molecule has 0 aliphatic heterocycles. The Labute approximate surface area is 179 Å². The molecule has 1 amide bonds. The minimum Gasteiger partial charge on any atom is -0.490 e. The predicted octanol–water partition coefficient (Wildman–Crippen LogP) is 3.29. The molecule has 0 bridgehead atoms. The number of benzene rings is 2. The number of hydrogen-bond acceptors (Lipinski definition) is 5. The van der Waals surface area contributed by atoms with Crippen LogP contribution in [-0.4, -0.2) is 45.1 Å². The molecule has 0 radical (unpaired) electrons. The molecule has 2 aromatic rings. The third-order valence-electron chi connectivity index (χ3n) is 4.68. The van der Waals surface area contributed by atoms with Crippen LogP contribution in [0.3, 0.4) is 0 Å². The third kappa shape index (κ3) is 5.96. The average Bonchev–Trinajstić information content (AvgIpc) is 2.70. The third-order valence-corrected chi connectivity index (χ3v) is 5.93. The van der Waals surface area contributed by atoms with E-state index >= 15 is 0 Å². The van der Waals surface area contributed by atoms with Gasteiger partial charge >= 0.3 is 0 Å². The Morgan fingerprint density at radius 2 is 1.60 bits per heavy atom. The fourth-order valence-corrected chi connectivity index (χ4v) is 3.67. The van der Waals surface area contributed by atoms with Crippen LogP contribution in [0, 0.1) is 0 Å². The van der Waals surface area contributed by atoms with Crippen LogP contribution in [0.1, 0.15) is 44.0 Å². The summed E-state index contributed by atoms with van der Waals surface area (Å²) in [6.07, 6.45) is 1.08. The number of likely N-dealkylation sites (N-methyl/N-ethyl adjacent to an activating group) is 1. The number of nitrogens with zero attached hydrogens (tertiary/aromatic N) is 1. The maximum absolute atomic E-state index is 13.1. The Hall–Kier alpha value is -2.58. The van der Waals surface area contributed by atoms with E-state index in [1.54, 1.807) is 24.3 Å². The van der Waals surface area contributed by atoms with Gasteiger partial charge in [0.2, 0.25) is 15.9 Å². The molecule has 0 saturated carbocycles. The van der Waals surface area contributed by atoms with Gasteiger partial charge in [-0.3, -0.25) is 4.79 Å². The van der Waals surface area contributed by atoms with E-state index in [0.29, 0.717) is 30.3 Å². The Balaban J connectivity index is 2.30. The molecule has 0 aliphatic rings. The van der Waals surface area contributed by atoms with Crippen LogP contribution >= 0.6 is 0 Å². The summed E-state index contributed by atoms with van der Waals surface area (Å²) in [7, 11) is -2.18. The van der Waals surface area contributed by atoms with E-state index in [1.807, 2.05) is 45.0 Å². The van der Waals surface area contributed by atoms with Gasteiger partial charge in [-0.1, -0.05) is 36.4 Å². The highest BCUT2D eigenvalue weighted by Crippen LogP contribution is 2.31. The molecule has 2 rings (SSSR count). The molecule has 164 valence electrons. The predicted molar refractivity (Wildman–Crippen MR) is 117 cm³/mol. The Morgan fingerprint density at radius 1 is 1.00 bits per heavy atom. The van der Waals surface area contributed by atoms with Crippen molar-refractivity contribution in [1.82, 2.24) is 9.62 Å². The van der Waals surface area contributed by atoms with Crippen molar-refractivity contribution in [2.24, 2.45) is 0 Å². The topological polar surface area (TPSA) is 84.9 Å². The maximum Gasteiger partial charge on any atom is 0.243 e. The quantitative estimate of drug-likeness (QED) is 0.620. The van der Waals surface area contributed by atoms with Crippen molar-refractivity contribution >= 4 is 15.9 Å². The minimum atomic E-state index is -3.59. The zero-order valence-corrected chi connectivity index (χ0v) is 18.9. The minimum absolute atomic E-state index is 0.369. The first-order chi connectivity index (χ1) is 14.2. The number of carbonyl (C=O) groups excluding carboxylic acids is 1. The summed E-state index contributed by atoms with van der Waals surface area (Å²) in [6, 6.07) is 13.0. The fraction of sp³-hybridized carbons (Fsp3) is 0.409. The van der Waals surface area contributed by atoms with Crippen molar-refractivity contribution in [2.75, 3.05) is 26.5 Å². The zero-order valence-electron chi connectivity index (χ0n) is 18.1. The van der Waals surface area contributed by atoms with Gasteiger partial charge in [-0.05, 0) is 44.0 Å². The van der Waals surface area contributed by atoms with Gasteiger partial charge in [-0.25, -0.2) is 8.42 Å². The molecule has 2 aromatic carbocycles.